The van der Waals surface area contributed by atoms with Crippen molar-refractivity contribution in [3.8, 4) is 0 Å². The van der Waals surface area contributed by atoms with Crippen LogP contribution in [-0.4, -0.2) is 39.0 Å². The van der Waals surface area contributed by atoms with E-state index in [1.54, 1.807) is 0 Å². The fraction of sp³-hybridized carbons (Fsp3) is 0.737. The summed E-state index contributed by atoms with van der Waals surface area (Å²) in [7, 11) is 0. The molecule has 1 amide bonds. The normalized spacial score (nSPS) is 25.2. The zero-order valence-corrected chi connectivity index (χ0v) is 15.9. The summed E-state index contributed by atoms with van der Waals surface area (Å²) in [6, 6.07) is 0. The molecule has 6 heteroatoms. The van der Waals surface area contributed by atoms with Gasteiger partial charge in [0, 0.05) is 18.5 Å². The second-order valence-corrected chi connectivity index (χ2v) is 8.90. The lowest BCUT2D eigenvalue weighted by atomic mass is 9.58. The first-order valence-corrected chi connectivity index (χ1v) is 9.09. The molecule has 1 aromatic heterocycles. The van der Waals surface area contributed by atoms with Crippen molar-refractivity contribution in [2.45, 2.75) is 72.1 Å². The predicted octanol–water partition coefficient (Wildman–Crippen LogP) is 2.27. The van der Waals surface area contributed by atoms with Crippen LogP contribution in [0.5, 0.6) is 0 Å². The number of nitrogens with one attached hydrogen (secondary N) is 1. The third-order valence-electron chi connectivity index (χ3n) is 5.66. The Hall–Kier alpha value is -1.69. The number of aromatic amines is 1. The van der Waals surface area contributed by atoms with Gasteiger partial charge in [0.25, 0.3) is 5.56 Å². The van der Waals surface area contributed by atoms with E-state index in [9.17, 15) is 9.59 Å². The molecular formula is C19H29N3O3. The Kier molecular flexibility index (Phi) is 4.52. The first kappa shape index (κ1) is 18.1. The van der Waals surface area contributed by atoms with Gasteiger partial charge in [-0.15, -0.1) is 0 Å². The van der Waals surface area contributed by atoms with Crippen LogP contribution < -0.4 is 5.56 Å². The highest BCUT2D eigenvalue weighted by atomic mass is 16.5. The number of carbonyl (C=O) groups excluding carboxylic acids is 1. The molecule has 6 nitrogen and oxygen atoms in total. The molecule has 0 radical (unpaired) electrons. The second-order valence-electron chi connectivity index (χ2n) is 8.90. The minimum absolute atomic E-state index is 0.00598. The molecule has 0 saturated heterocycles. The van der Waals surface area contributed by atoms with Crippen LogP contribution in [0, 0.1) is 11.3 Å². The molecule has 1 aromatic rings. The lowest BCUT2D eigenvalue weighted by Gasteiger charge is -2.53. The number of rotatable bonds is 3. The van der Waals surface area contributed by atoms with E-state index in [1.807, 2.05) is 4.90 Å². The van der Waals surface area contributed by atoms with Crippen molar-refractivity contribution >= 4 is 5.91 Å². The third-order valence-corrected chi connectivity index (χ3v) is 5.66. The molecule has 1 aliphatic carbocycles. The maximum absolute atomic E-state index is 12.7. The number of aromatic nitrogens is 2. The highest BCUT2D eigenvalue weighted by molar-refractivity contribution is 5.77. The standard InChI is InChI=1S/C19H29N3O3/c1-18(2,3)25-15-8-12(19(15,4)5)9-16(23)22-7-6-13-14(10-22)20-11-21-17(13)24/h11-12,15H,6-10H2,1-5H3,(H,20,21,24). The van der Waals surface area contributed by atoms with Gasteiger partial charge in [0.1, 0.15) is 0 Å². The minimum atomic E-state index is -0.160. The molecule has 25 heavy (non-hydrogen) atoms. The largest absolute Gasteiger partial charge is 0.372 e. The van der Waals surface area contributed by atoms with Gasteiger partial charge in [-0.25, -0.2) is 4.98 Å². The van der Waals surface area contributed by atoms with E-state index in [-0.39, 0.29) is 28.6 Å². The number of hydrogen-bond donors (Lipinski definition) is 1. The van der Waals surface area contributed by atoms with Crippen molar-refractivity contribution in [3.05, 3.63) is 27.9 Å². The van der Waals surface area contributed by atoms with E-state index in [0.29, 0.717) is 37.4 Å². The van der Waals surface area contributed by atoms with Gasteiger partial charge in [0.2, 0.25) is 5.91 Å². The summed E-state index contributed by atoms with van der Waals surface area (Å²) in [5.74, 6) is 0.487. The van der Waals surface area contributed by atoms with Crippen LogP contribution >= 0.6 is 0 Å². The first-order chi connectivity index (χ1) is 11.6. The molecule has 1 fully saturated rings. The summed E-state index contributed by atoms with van der Waals surface area (Å²) in [5, 5.41) is 0. The molecule has 1 N–H and O–H groups in total. The number of H-pyrrole nitrogens is 1. The number of carbonyl (C=O) groups is 1. The molecule has 1 aliphatic heterocycles. The zero-order chi connectivity index (χ0) is 18.4. The summed E-state index contributed by atoms with van der Waals surface area (Å²) < 4.78 is 6.13. The SMILES string of the molecule is CC(C)(C)OC1CC(CC(=O)N2CCc3c(nc[nH]c3=O)C2)C1(C)C. The summed E-state index contributed by atoms with van der Waals surface area (Å²) in [6.07, 6.45) is 3.66. The van der Waals surface area contributed by atoms with E-state index in [2.05, 4.69) is 44.6 Å². The molecule has 3 rings (SSSR count). The Morgan fingerprint density at radius 3 is 2.80 bits per heavy atom. The Morgan fingerprint density at radius 1 is 1.44 bits per heavy atom. The van der Waals surface area contributed by atoms with Gasteiger partial charge in [0.15, 0.2) is 0 Å². The smallest absolute Gasteiger partial charge is 0.254 e. The van der Waals surface area contributed by atoms with Crippen LogP contribution in [0.15, 0.2) is 11.1 Å². The number of fused-ring (bicyclic) bond motifs is 1. The first-order valence-electron chi connectivity index (χ1n) is 9.09. The van der Waals surface area contributed by atoms with Crippen LogP contribution in [0.4, 0.5) is 0 Å². The van der Waals surface area contributed by atoms with E-state index in [0.717, 1.165) is 12.1 Å². The monoisotopic (exact) mass is 347 g/mol. The van der Waals surface area contributed by atoms with Crippen molar-refractivity contribution < 1.29 is 9.53 Å². The summed E-state index contributed by atoms with van der Waals surface area (Å²) in [6.45, 7) is 11.6. The van der Waals surface area contributed by atoms with Gasteiger partial charge < -0.3 is 14.6 Å². The van der Waals surface area contributed by atoms with Gasteiger partial charge in [-0.05, 0) is 44.9 Å². The Labute approximate surface area is 149 Å². The van der Waals surface area contributed by atoms with E-state index < -0.39 is 0 Å². The van der Waals surface area contributed by atoms with Crippen LogP contribution in [0.1, 0.15) is 58.7 Å². The lowest BCUT2D eigenvalue weighted by Crippen LogP contribution is -2.54. The van der Waals surface area contributed by atoms with Gasteiger partial charge in [-0.1, -0.05) is 13.8 Å². The van der Waals surface area contributed by atoms with Crippen LogP contribution in [0.25, 0.3) is 0 Å². The van der Waals surface area contributed by atoms with Crippen LogP contribution in [-0.2, 0) is 22.5 Å². The molecule has 0 bridgehead atoms. The van der Waals surface area contributed by atoms with E-state index in [1.165, 1.54) is 6.33 Å². The minimum Gasteiger partial charge on any atom is -0.372 e. The zero-order valence-electron chi connectivity index (χ0n) is 15.9. The molecule has 2 heterocycles. The van der Waals surface area contributed by atoms with Crippen molar-refractivity contribution in [3.63, 3.8) is 0 Å². The van der Waals surface area contributed by atoms with Gasteiger partial charge in [-0.3, -0.25) is 9.59 Å². The summed E-state index contributed by atoms with van der Waals surface area (Å²) >= 11 is 0. The number of ether oxygens (including phenoxy) is 1. The maximum atomic E-state index is 12.7. The average Bonchev–Trinajstić information content (AvgIpc) is 2.52. The van der Waals surface area contributed by atoms with Crippen molar-refractivity contribution in [2.75, 3.05) is 6.54 Å². The fourth-order valence-corrected chi connectivity index (χ4v) is 3.86. The molecule has 0 aromatic carbocycles. The Balaban J connectivity index is 1.60. The Morgan fingerprint density at radius 2 is 2.16 bits per heavy atom. The predicted molar refractivity (Wildman–Crippen MR) is 95.1 cm³/mol. The molecule has 2 aliphatic rings. The van der Waals surface area contributed by atoms with E-state index >= 15 is 0 Å². The quantitative estimate of drug-likeness (QED) is 0.910. The highest BCUT2D eigenvalue weighted by Crippen LogP contribution is 2.51. The Bertz CT molecular complexity index is 717. The maximum Gasteiger partial charge on any atom is 0.254 e. The molecule has 0 spiro atoms. The number of amides is 1. The molecular weight excluding hydrogens is 318 g/mol. The van der Waals surface area contributed by atoms with E-state index in [4.69, 9.17) is 4.74 Å². The summed E-state index contributed by atoms with van der Waals surface area (Å²) in [5.41, 5.74) is 1.21. The highest BCUT2D eigenvalue weighted by Gasteiger charge is 2.51. The van der Waals surface area contributed by atoms with Crippen LogP contribution in [0.2, 0.25) is 0 Å². The second kappa shape index (κ2) is 6.24. The van der Waals surface area contributed by atoms with Crippen LogP contribution in [0.3, 0.4) is 0 Å². The van der Waals surface area contributed by atoms with Crippen molar-refractivity contribution in [1.29, 1.82) is 0 Å². The van der Waals surface area contributed by atoms with Gasteiger partial charge in [-0.2, -0.15) is 0 Å². The molecule has 2 atom stereocenters. The van der Waals surface area contributed by atoms with Gasteiger partial charge in [0.05, 0.1) is 30.3 Å². The topological polar surface area (TPSA) is 75.3 Å². The average molecular weight is 347 g/mol. The number of nitrogens with zero attached hydrogens (tertiary/aromatic N) is 2. The fourth-order valence-electron chi connectivity index (χ4n) is 3.86. The van der Waals surface area contributed by atoms with Gasteiger partial charge >= 0.3 is 0 Å². The molecule has 2 unspecified atom stereocenters. The summed E-state index contributed by atoms with van der Waals surface area (Å²) in [4.78, 5) is 33.2. The molecule has 1 saturated carbocycles. The molecule has 138 valence electrons. The number of hydrogen-bond acceptors (Lipinski definition) is 4. The third kappa shape index (κ3) is 3.64. The van der Waals surface area contributed by atoms with Crippen molar-refractivity contribution in [1.82, 2.24) is 14.9 Å². The van der Waals surface area contributed by atoms with Crippen molar-refractivity contribution in [2.24, 2.45) is 11.3 Å². The lowest BCUT2D eigenvalue weighted by molar-refractivity contribution is -0.192.